The van der Waals surface area contributed by atoms with E-state index in [1.807, 2.05) is 43.0 Å². The molecule has 0 saturated heterocycles. The van der Waals surface area contributed by atoms with Crippen LogP contribution in [-0.2, 0) is 0 Å². The standard InChI is InChI=1S/C12H10S3.C5H8N2S.C4H10S3/c13-9-1-5-11(6-2-9)15-12-7-3-10(14)4-8-12;1-4-6-3-2-5(8)7-4;5-1-3-7-4-2-6/h1-8,13-14H;2-3H2,1H3,(H,6,7,8);5-6H,1-4H2. The third-order valence-corrected chi connectivity index (χ3v) is 7.34. The Morgan fingerprint density at radius 3 is 1.70 bits per heavy atom. The highest BCUT2D eigenvalue weighted by Gasteiger charge is 2.01. The minimum Gasteiger partial charge on any atom is -0.339 e. The van der Waals surface area contributed by atoms with Crippen LogP contribution in [0.15, 0.2) is 73.1 Å². The third-order valence-electron chi connectivity index (χ3n) is 3.39. The van der Waals surface area contributed by atoms with Crippen LogP contribution in [0.25, 0.3) is 0 Å². The van der Waals surface area contributed by atoms with Crippen molar-refractivity contribution in [2.45, 2.75) is 32.9 Å². The molecule has 30 heavy (non-hydrogen) atoms. The van der Waals surface area contributed by atoms with Gasteiger partial charge in [0.1, 0.15) is 0 Å². The number of thioether (sulfide) groups is 1. The van der Waals surface area contributed by atoms with E-state index in [2.05, 4.69) is 85.1 Å². The Morgan fingerprint density at radius 2 is 1.37 bits per heavy atom. The number of rotatable bonds is 6. The second-order valence-corrected chi connectivity index (χ2v) is 10.7. The predicted molar refractivity (Wildman–Crippen MR) is 155 cm³/mol. The van der Waals surface area contributed by atoms with Gasteiger partial charge in [0.25, 0.3) is 0 Å². The zero-order chi connectivity index (χ0) is 22.2. The molecule has 0 aliphatic carbocycles. The number of nitrogens with one attached hydrogen (secondary N) is 1. The first kappa shape index (κ1) is 28.1. The lowest BCUT2D eigenvalue weighted by molar-refractivity contribution is 0.976. The van der Waals surface area contributed by atoms with Gasteiger partial charge in [0.05, 0.1) is 10.8 Å². The van der Waals surface area contributed by atoms with E-state index in [0.29, 0.717) is 0 Å². The smallest absolute Gasteiger partial charge is 0.0979 e. The number of hydrogen-bond donors (Lipinski definition) is 5. The van der Waals surface area contributed by atoms with E-state index >= 15 is 0 Å². The summed E-state index contributed by atoms with van der Waals surface area (Å²) in [5.41, 5.74) is 0. The van der Waals surface area contributed by atoms with Gasteiger partial charge in [0.15, 0.2) is 0 Å². The van der Waals surface area contributed by atoms with Gasteiger partial charge in [-0.3, -0.25) is 4.99 Å². The maximum Gasteiger partial charge on any atom is 0.0979 e. The molecule has 1 aliphatic heterocycles. The van der Waals surface area contributed by atoms with Gasteiger partial charge in [0.2, 0.25) is 0 Å². The van der Waals surface area contributed by atoms with Crippen LogP contribution in [0.4, 0.5) is 0 Å². The number of hydrogen-bond acceptors (Lipinski definition) is 8. The zero-order valence-corrected chi connectivity index (χ0v) is 22.8. The number of benzene rings is 2. The van der Waals surface area contributed by atoms with Crippen LogP contribution in [0.5, 0.6) is 0 Å². The SMILES string of the molecule is CC1=NCCC(=S)N1.SCCSCCS.Sc1ccc(Sc2ccc(S)cc2)cc1. The number of thiol groups is 4. The van der Waals surface area contributed by atoms with Crippen LogP contribution < -0.4 is 5.32 Å². The average Bonchev–Trinajstić information content (AvgIpc) is 2.73. The molecule has 0 fully saturated rings. The Hall–Kier alpha value is 0.1000. The summed E-state index contributed by atoms with van der Waals surface area (Å²) in [4.78, 5) is 9.44. The van der Waals surface area contributed by atoms with Crippen molar-refractivity contribution in [2.75, 3.05) is 29.6 Å². The maximum absolute atomic E-state index is 4.89. The molecule has 0 unspecified atom stereocenters. The van der Waals surface area contributed by atoms with Crippen molar-refractivity contribution >= 4 is 97.1 Å². The molecule has 2 aromatic rings. The molecule has 9 heteroatoms. The molecular weight excluding hydrogens is 505 g/mol. The van der Waals surface area contributed by atoms with Gasteiger partial charge in [-0.25, -0.2) is 0 Å². The lowest BCUT2D eigenvalue weighted by Gasteiger charge is -2.10. The van der Waals surface area contributed by atoms with E-state index < -0.39 is 0 Å². The molecule has 164 valence electrons. The van der Waals surface area contributed by atoms with Crippen molar-refractivity contribution in [1.29, 1.82) is 0 Å². The molecule has 1 aliphatic rings. The minimum atomic E-state index is 0.859. The van der Waals surface area contributed by atoms with Gasteiger partial charge in [-0.2, -0.15) is 37.0 Å². The number of thiocarbonyl (C=S) groups is 1. The van der Waals surface area contributed by atoms with Crippen LogP contribution in [0.2, 0.25) is 0 Å². The van der Waals surface area contributed by atoms with Crippen LogP contribution in [0, 0.1) is 0 Å². The van der Waals surface area contributed by atoms with E-state index in [1.165, 1.54) is 9.79 Å². The van der Waals surface area contributed by atoms with Gasteiger partial charge in [0, 0.05) is 44.1 Å². The van der Waals surface area contributed by atoms with Crippen LogP contribution in [0.3, 0.4) is 0 Å². The second-order valence-electron chi connectivity index (χ2n) is 5.91. The van der Waals surface area contributed by atoms with Crippen molar-refractivity contribution < 1.29 is 0 Å². The fourth-order valence-electron chi connectivity index (χ4n) is 2.02. The van der Waals surface area contributed by atoms with Gasteiger partial charge < -0.3 is 5.32 Å². The molecule has 0 aromatic heterocycles. The van der Waals surface area contributed by atoms with Crippen LogP contribution in [0.1, 0.15) is 13.3 Å². The van der Waals surface area contributed by atoms with Gasteiger partial charge in [-0.15, -0.1) is 25.3 Å². The Balaban J connectivity index is 0.000000254. The Bertz CT molecular complexity index is 714. The predicted octanol–water partition coefficient (Wildman–Crippen LogP) is 6.72. The summed E-state index contributed by atoms with van der Waals surface area (Å²) in [6, 6.07) is 16.3. The minimum absolute atomic E-state index is 0.859. The summed E-state index contributed by atoms with van der Waals surface area (Å²) in [7, 11) is 0. The number of nitrogens with zero attached hydrogens (tertiary/aromatic N) is 1. The lowest BCUT2D eigenvalue weighted by atomic mass is 10.4. The molecule has 2 aromatic carbocycles. The molecule has 0 spiro atoms. The first-order chi connectivity index (χ1) is 14.4. The summed E-state index contributed by atoms with van der Waals surface area (Å²) < 4.78 is 0. The number of amidine groups is 1. The summed E-state index contributed by atoms with van der Waals surface area (Å²) in [5, 5.41) is 2.96. The van der Waals surface area contributed by atoms with Crippen molar-refractivity contribution in [1.82, 2.24) is 5.32 Å². The Kier molecular flexibility index (Phi) is 16.5. The molecule has 0 atom stereocenters. The van der Waals surface area contributed by atoms with Gasteiger partial charge in [-0.05, 0) is 67.0 Å². The zero-order valence-electron chi connectivity index (χ0n) is 16.8. The average molecular weight is 533 g/mol. The highest BCUT2D eigenvalue weighted by Crippen LogP contribution is 2.28. The van der Waals surface area contributed by atoms with Crippen LogP contribution in [-0.4, -0.2) is 40.4 Å². The molecule has 2 nitrogen and oxygen atoms in total. The van der Waals surface area contributed by atoms with Crippen molar-refractivity contribution in [3.63, 3.8) is 0 Å². The summed E-state index contributed by atoms with van der Waals surface area (Å²) in [6.07, 6.45) is 0.909. The fourth-order valence-corrected chi connectivity index (χ4v) is 4.62. The Labute approximate surface area is 216 Å². The van der Waals surface area contributed by atoms with E-state index in [0.717, 1.165) is 56.6 Å². The molecular formula is C21H28N2S7. The molecule has 0 bridgehead atoms. The first-order valence-electron chi connectivity index (χ1n) is 9.31. The molecule has 1 N–H and O–H groups in total. The summed E-state index contributed by atoms with van der Waals surface area (Å²) in [6.45, 7) is 2.78. The summed E-state index contributed by atoms with van der Waals surface area (Å²) >= 11 is 25.1. The topological polar surface area (TPSA) is 24.4 Å². The first-order valence-corrected chi connectivity index (χ1v) is 13.8. The van der Waals surface area contributed by atoms with E-state index in [-0.39, 0.29) is 0 Å². The highest BCUT2D eigenvalue weighted by atomic mass is 32.2. The van der Waals surface area contributed by atoms with E-state index in [1.54, 1.807) is 11.8 Å². The summed E-state index contributed by atoms with van der Waals surface area (Å²) in [5.74, 6) is 5.23. The van der Waals surface area contributed by atoms with E-state index in [9.17, 15) is 0 Å². The lowest BCUT2D eigenvalue weighted by Crippen LogP contribution is -2.31. The quantitative estimate of drug-likeness (QED) is 0.162. The van der Waals surface area contributed by atoms with Crippen molar-refractivity contribution in [2.24, 2.45) is 4.99 Å². The van der Waals surface area contributed by atoms with Crippen molar-refractivity contribution in [3.8, 4) is 0 Å². The third kappa shape index (κ3) is 14.2. The van der Waals surface area contributed by atoms with E-state index in [4.69, 9.17) is 12.2 Å². The molecule has 1 heterocycles. The maximum atomic E-state index is 4.89. The second kappa shape index (κ2) is 17.6. The van der Waals surface area contributed by atoms with Gasteiger partial charge in [-0.1, -0.05) is 24.0 Å². The fraction of sp³-hybridized carbons (Fsp3) is 0.333. The normalized spacial score (nSPS) is 12.6. The highest BCUT2D eigenvalue weighted by molar-refractivity contribution is 8.00. The Morgan fingerprint density at radius 1 is 0.900 bits per heavy atom. The molecule has 0 radical (unpaired) electrons. The van der Waals surface area contributed by atoms with Gasteiger partial charge >= 0.3 is 0 Å². The molecule has 0 saturated carbocycles. The van der Waals surface area contributed by atoms with Crippen LogP contribution >= 0.6 is 86.3 Å². The molecule has 3 rings (SSSR count). The number of aliphatic imine (C=N–C) groups is 1. The monoisotopic (exact) mass is 532 g/mol. The largest absolute Gasteiger partial charge is 0.339 e. The molecule has 0 amide bonds. The van der Waals surface area contributed by atoms with Crippen molar-refractivity contribution in [3.05, 3.63) is 48.5 Å².